The highest BCUT2D eigenvalue weighted by Gasteiger charge is 2.33. The number of aliphatic hydroxyl groups excluding tert-OH is 1. The standard InChI is InChI=1S/C12H21ClO2.C8H16O.C4H9NO2.H3N/c1-11(2)7-5-9(6-8-11)15-10(14)12(3,4)13;1-8(2)5-3-7(9)4-6-8;1-4(2,5)3(6)7;/h9H,5-8H2,1-4H3;7,9H,3-6H2,1-2H3;5H2,1-2H3,(H,6,7);1H3. The lowest BCUT2D eigenvalue weighted by molar-refractivity contribution is -0.154. The number of alkyl halides is 1. The molecular formula is C24H49ClN2O5. The molecule has 0 aromatic heterocycles. The molecule has 0 aromatic carbocycles. The summed E-state index contributed by atoms with van der Waals surface area (Å²) < 4.78 is 5.38. The van der Waals surface area contributed by atoms with Crippen LogP contribution in [0, 0.1) is 10.8 Å². The zero-order valence-electron chi connectivity index (χ0n) is 21.6. The van der Waals surface area contributed by atoms with Crippen LogP contribution in [0.1, 0.15) is 107 Å². The van der Waals surface area contributed by atoms with Gasteiger partial charge in [-0.25, -0.2) is 0 Å². The predicted octanol–water partition coefficient (Wildman–Crippen LogP) is 5.43. The van der Waals surface area contributed by atoms with E-state index in [-0.39, 0.29) is 24.3 Å². The van der Waals surface area contributed by atoms with Gasteiger partial charge in [0.2, 0.25) is 0 Å². The van der Waals surface area contributed by atoms with E-state index >= 15 is 0 Å². The molecule has 2 rings (SSSR count). The van der Waals surface area contributed by atoms with Crippen molar-refractivity contribution in [2.75, 3.05) is 0 Å². The van der Waals surface area contributed by atoms with Crippen molar-refractivity contribution in [2.24, 2.45) is 16.6 Å². The number of carboxylic acids is 1. The van der Waals surface area contributed by atoms with Crippen LogP contribution in [-0.4, -0.2) is 44.8 Å². The second-order valence-corrected chi connectivity index (χ2v) is 12.6. The summed E-state index contributed by atoms with van der Waals surface area (Å²) in [7, 11) is 0. The van der Waals surface area contributed by atoms with Crippen molar-refractivity contribution in [3.05, 3.63) is 0 Å². The van der Waals surface area contributed by atoms with E-state index in [9.17, 15) is 9.59 Å². The number of hydrogen-bond acceptors (Lipinski definition) is 6. The fourth-order valence-electron chi connectivity index (χ4n) is 3.17. The van der Waals surface area contributed by atoms with Crippen molar-refractivity contribution in [2.45, 2.75) is 129 Å². The SMILES string of the molecule is CC(C)(N)C(=O)O.CC1(C)CCC(O)CC1.CC1(C)CCC(OC(=O)C(C)(C)Cl)CC1.N. The largest absolute Gasteiger partial charge is 0.480 e. The molecule has 0 unspecified atom stereocenters. The summed E-state index contributed by atoms with van der Waals surface area (Å²) in [5, 5.41) is 17.3. The van der Waals surface area contributed by atoms with Gasteiger partial charge in [-0.3, -0.25) is 9.59 Å². The number of esters is 1. The summed E-state index contributed by atoms with van der Waals surface area (Å²) in [6.07, 6.45) is 8.63. The van der Waals surface area contributed by atoms with Crippen molar-refractivity contribution >= 4 is 23.5 Å². The highest BCUT2D eigenvalue weighted by molar-refractivity contribution is 6.33. The normalized spacial score (nSPS) is 21.0. The lowest BCUT2D eigenvalue weighted by Crippen LogP contribution is -2.41. The molecule has 2 aliphatic rings. The van der Waals surface area contributed by atoms with E-state index in [1.807, 2.05) is 0 Å². The average Bonchev–Trinajstić information content (AvgIpc) is 2.59. The Morgan fingerprint density at radius 2 is 1.22 bits per heavy atom. The smallest absolute Gasteiger partial charge is 0.326 e. The lowest BCUT2D eigenvalue weighted by Gasteiger charge is -2.34. The number of carbonyl (C=O) groups excluding carboxylic acids is 1. The molecule has 7 N–H and O–H groups in total. The Kier molecular flexibility index (Phi) is 13.6. The Bertz CT molecular complexity index is 560. The Morgan fingerprint density at radius 3 is 1.47 bits per heavy atom. The number of aliphatic carboxylic acids is 1. The van der Waals surface area contributed by atoms with Gasteiger partial charge in [0.25, 0.3) is 0 Å². The van der Waals surface area contributed by atoms with Gasteiger partial charge in [-0.2, -0.15) is 0 Å². The third-order valence-electron chi connectivity index (χ3n) is 5.91. The second kappa shape index (κ2) is 13.1. The highest BCUT2D eigenvalue weighted by Crippen LogP contribution is 2.37. The maximum atomic E-state index is 11.5. The van der Waals surface area contributed by atoms with E-state index in [2.05, 4.69) is 27.7 Å². The summed E-state index contributed by atoms with van der Waals surface area (Å²) in [5.74, 6) is -1.28. The van der Waals surface area contributed by atoms with Crippen molar-refractivity contribution < 1.29 is 24.5 Å². The summed E-state index contributed by atoms with van der Waals surface area (Å²) in [4.78, 5) is 20.5. The number of aliphatic hydroxyl groups is 1. The molecule has 0 atom stereocenters. The third kappa shape index (κ3) is 15.0. The summed E-state index contributed by atoms with van der Waals surface area (Å²) >= 11 is 5.88. The third-order valence-corrected chi connectivity index (χ3v) is 6.06. The molecule has 2 saturated carbocycles. The number of rotatable bonds is 3. The molecular weight excluding hydrogens is 432 g/mol. The van der Waals surface area contributed by atoms with Gasteiger partial charge in [0.1, 0.15) is 16.5 Å². The number of carbonyl (C=O) groups is 2. The number of nitrogens with two attached hydrogens (primary N) is 1. The van der Waals surface area contributed by atoms with Gasteiger partial charge in [0.05, 0.1) is 6.10 Å². The van der Waals surface area contributed by atoms with E-state index < -0.39 is 16.4 Å². The van der Waals surface area contributed by atoms with Gasteiger partial charge in [-0.1, -0.05) is 27.7 Å². The number of carboxylic acid groups (broad SMARTS) is 1. The minimum Gasteiger partial charge on any atom is -0.480 e. The van der Waals surface area contributed by atoms with Crippen LogP contribution in [0.3, 0.4) is 0 Å². The van der Waals surface area contributed by atoms with E-state index in [0.29, 0.717) is 10.8 Å². The molecule has 192 valence electrons. The monoisotopic (exact) mass is 480 g/mol. The summed E-state index contributed by atoms with van der Waals surface area (Å²) in [6.45, 7) is 15.3. The molecule has 0 spiro atoms. The fraction of sp³-hybridized carbons (Fsp3) is 0.917. The van der Waals surface area contributed by atoms with Crippen LogP contribution in [0.4, 0.5) is 0 Å². The first-order valence-corrected chi connectivity index (χ1v) is 11.7. The van der Waals surface area contributed by atoms with Gasteiger partial charge in [-0.05, 0) is 89.9 Å². The molecule has 32 heavy (non-hydrogen) atoms. The molecule has 2 aliphatic carbocycles. The van der Waals surface area contributed by atoms with Crippen LogP contribution in [0.25, 0.3) is 0 Å². The van der Waals surface area contributed by atoms with Gasteiger partial charge in [0.15, 0.2) is 0 Å². The molecule has 0 saturated heterocycles. The van der Waals surface area contributed by atoms with Gasteiger partial charge in [0, 0.05) is 0 Å². The molecule has 2 fully saturated rings. The van der Waals surface area contributed by atoms with E-state index in [1.165, 1.54) is 26.7 Å². The summed E-state index contributed by atoms with van der Waals surface area (Å²) in [6, 6.07) is 0. The van der Waals surface area contributed by atoms with Crippen molar-refractivity contribution in [1.29, 1.82) is 0 Å². The quantitative estimate of drug-likeness (QED) is 0.311. The van der Waals surface area contributed by atoms with Gasteiger partial charge in [-0.15, -0.1) is 11.6 Å². The molecule has 0 amide bonds. The molecule has 0 aliphatic heterocycles. The molecule has 0 heterocycles. The zero-order chi connectivity index (χ0) is 24.7. The maximum Gasteiger partial charge on any atom is 0.326 e. The molecule has 0 bridgehead atoms. The number of ether oxygens (including phenoxy) is 1. The Balaban J connectivity index is 0. The van der Waals surface area contributed by atoms with Crippen LogP contribution in [0.2, 0.25) is 0 Å². The zero-order valence-corrected chi connectivity index (χ0v) is 22.3. The average molecular weight is 481 g/mol. The molecule has 8 heteroatoms. The first kappa shape index (κ1) is 33.3. The number of halogens is 1. The topological polar surface area (TPSA) is 145 Å². The first-order valence-electron chi connectivity index (χ1n) is 11.4. The predicted molar refractivity (Wildman–Crippen MR) is 131 cm³/mol. The summed E-state index contributed by atoms with van der Waals surface area (Å²) in [5.41, 5.74) is 4.90. The van der Waals surface area contributed by atoms with Crippen LogP contribution < -0.4 is 11.9 Å². The lowest BCUT2D eigenvalue weighted by atomic mass is 9.76. The van der Waals surface area contributed by atoms with Crippen LogP contribution in [0.5, 0.6) is 0 Å². The molecule has 0 radical (unpaired) electrons. The van der Waals surface area contributed by atoms with E-state index in [0.717, 1.165) is 38.5 Å². The second-order valence-electron chi connectivity index (χ2n) is 11.7. The minimum atomic E-state index is -1.08. The maximum absolute atomic E-state index is 11.5. The molecule has 0 aromatic rings. The minimum absolute atomic E-state index is 0. The number of hydrogen-bond donors (Lipinski definition) is 4. The fourth-order valence-corrected chi connectivity index (χ4v) is 3.21. The van der Waals surface area contributed by atoms with Crippen LogP contribution >= 0.6 is 11.6 Å². The van der Waals surface area contributed by atoms with Crippen LogP contribution in [0.15, 0.2) is 0 Å². The Hall–Kier alpha value is -0.890. The van der Waals surface area contributed by atoms with Gasteiger partial charge >= 0.3 is 11.9 Å². The van der Waals surface area contributed by atoms with Crippen molar-refractivity contribution in [1.82, 2.24) is 6.15 Å². The highest BCUT2D eigenvalue weighted by atomic mass is 35.5. The molecule has 7 nitrogen and oxygen atoms in total. The van der Waals surface area contributed by atoms with E-state index in [1.54, 1.807) is 13.8 Å². The van der Waals surface area contributed by atoms with Crippen molar-refractivity contribution in [3.63, 3.8) is 0 Å². The Morgan fingerprint density at radius 1 is 0.906 bits per heavy atom. The van der Waals surface area contributed by atoms with Crippen LogP contribution in [-0.2, 0) is 14.3 Å². The van der Waals surface area contributed by atoms with Gasteiger partial charge < -0.3 is 26.8 Å². The Labute approximate surface area is 200 Å². The van der Waals surface area contributed by atoms with E-state index in [4.69, 9.17) is 32.3 Å². The van der Waals surface area contributed by atoms with Crippen molar-refractivity contribution in [3.8, 4) is 0 Å². The first-order chi connectivity index (χ1) is 13.8.